The summed E-state index contributed by atoms with van der Waals surface area (Å²) >= 11 is 0. The van der Waals surface area contributed by atoms with Crippen LogP contribution in [-0.4, -0.2) is 72.0 Å². The first-order valence-corrected chi connectivity index (χ1v) is 14.5. The third-order valence-electron chi connectivity index (χ3n) is 8.23. The van der Waals surface area contributed by atoms with Gasteiger partial charge in [0.25, 0.3) is 5.91 Å². The number of hydrogen-bond acceptors (Lipinski definition) is 6. The average Bonchev–Trinajstić information content (AvgIpc) is 3.64. The number of nitrogens with zero attached hydrogens (tertiary/aromatic N) is 3. The Balaban J connectivity index is 1.27. The van der Waals surface area contributed by atoms with E-state index >= 15 is 0 Å². The minimum atomic E-state index is -4.58. The van der Waals surface area contributed by atoms with E-state index in [1.165, 1.54) is 19.2 Å². The maximum absolute atomic E-state index is 14.1. The number of likely N-dealkylation sites (tertiary alicyclic amines) is 1. The van der Waals surface area contributed by atoms with E-state index in [0.717, 1.165) is 41.1 Å². The van der Waals surface area contributed by atoms with Gasteiger partial charge in [0.1, 0.15) is 11.3 Å². The van der Waals surface area contributed by atoms with Crippen molar-refractivity contribution >= 4 is 28.6 Å². The topological polar surface area (TPSA) is 90.6 Å². The van der Waals surface area contributed by atoms with E-state index in [-0.39, 0.29) is 17.7 Å². The Kier molecular flexibility index (Phi) is 9.07. The summed E-state index contributed by atoms with van der Waals surface area (Å²) in [6.07, 6.45) is -0.641. The van der Waals surface area contributed by atoms with Crippen molar-refractivity contribution in [3.05, 3.63) is 93.8 Å². The minimum absolute atomic E-state index is 0.0457. The molecule has 5 rings (SSSR count). The number of ether oxygens (including phenoxy) is 1. The van der Waals surface area contributed by atoms with Crippen molar-refractivity contribution in [3.63, 3.8) is 0 Å². The fraction of sp³-hybridized carbons (Fsp3) is 0.364. The van der Waals surface area contributed by atoms with Crippen LogP contribution in [0.25, 0.3) is 11.0 Å². The summed E-state index contributed by atoms with van der Waals surface area (Å²) < 4.78 is 47.0. The molecule has 1 aliphatic heterocycles. The number of rotatable bonds is 9. The van der Waals surface area contributed by atoms with Crippen LogP contribution < -0.4 is 5.32 Å². The number of carbonyl (C=O) groups excluding carboxylic acids is 2. The number of esters is 1. The molecule has 1 atom stereocenters. The third-order valence-corrected chi connectivity index (χ3v) is 8.23. The van der Waals surface area contributed by atoms with Gasteiger partial charge in [0.2, 0.25) is 0 Å². The van der Waals surface area contributed by atoms with E-state index in [1.807, 2.05) is 50.2 Å². The molecule has 8 nitrogen and oxygen atoms in total. The van der Waals surface area contributed by atoms with E-state index in [0.29, 0.717) is 42.5 Å². The third kappa shape index (κ3) is 7.11. The zero-order chi connectivity index (χ0) is 31.6. The summed E-state index contributed by atoms with van der Waals surface area (Å²) in [7, 11) is 5.27. The second kappa shape index (κ2) is 12.8. The van der Waals surface area contributed by atoms with Crippen molar-refractivity contribution in [2.24, 2.45) is 0 Å². The molecule has 1 saturated heterocycles. The first-order chi connectivity index (χ1) is 20.9. The molecule has 1 aliphatic rings. The highest BCUT2D eigenvalue weighted by atomic mass is 19.4. The normalized spacial score (nSPS) is 15.7. The zero-order valence-corrected chi connectivity index (χ0v) is 25.2. The summed E-state index contributed by atoms with van der Waals surface area (Å²) in [6, 6.07) is 13.5. The van der Waals surface area contributed by atoms with Gasteiger partial charge in [-0.2, -0.15) is 13.2 Å². The van der Waals surface area contributed by atoms with Crippen LogP contribution in [0.15, 0.2) is 54.7 Å². The first kappa shape index (κ1) is 31.2. The molecule has 0 spiro atoms. The SMILES string of the molecule is COC(=O)c1cc2cc(CCc3ccc(C)c(NC(=O)c4ccc(CN5CCC(N(C)C)C5)c(C(F)(F)F)c4)c3)cnc2[nH]1. The molecule has 3 heterocycles. The Morgan fingerprint density at radius 1 is 1.09 bits per heavy atom. The molecule has 1 fully saturated rings. The second-order valence-electron chi connectivity index (χ2n) is 11.6. The maximum atomic E-state index is 14.1. The van der Waals surface area contributed by atoms with Crippen LogP contribution in [0.4, 0.5) is 18.9 Å². The van der Waals surface area contributed by atoms with Crippen LogP contribution >= 0.6 is 0 Å². The molecule has 1 amide bonds. The van der Waals surface area contributed by atoms with Crippen LogP contribution in [0.1, 0.15) is 55.1 Å². The molecule has 0 saturated carbocycles. The lowest BCUT2D eigenvalue weighted by atomic mass is 10.0. The number of pyridine rings is 1. The van der Waals surface area contributed by atoms with Crippen molar-refractivity contribution in [1.82, 2.24) is 19.8 Å². The van der Waals surface area contributed by atoms with Crippen LogP contribution in [-0.2, 0) is 30.3 Å². The van der Waals surface area contributed by atoms with Crippen LogP contribution in [0.2, 0.25) is 0 Å². The largest absolute Gasteiger partial charge is 0.464 e. The Hall–Kier alpha value is -4.22. The smallest absolute Gasteiger partial charge is 0.416 e. The van der Waals surface area contributed by atoms with E-state index < -0.39 is 23.6 Å². The van der Waals surface area contributed by atoms with Crippen LogP contribution in [0, 0.1) is 6.92 Å². The Morgan fingerprint density at radius 3 is 2.57 bits per heavy atom. The highest BCUT2D eigenvalue weighted by Crippen LogP contribution is 2.34. The number of halogens is 3. The molecule has 0 radical (unpaired) electrons. The monoisotopic (exact) mass is 607 g/mol. The number of aromatic nitrogens is 2. The Bertz CT molecular complexity index is 1680. The average molecular weight is 608 g/mol. The maximum Gasteiger partial charge on any atom is 0.416 e. The highest BCUT2D eigenvalue weighted by Gasteiger charge is 2.35. The van der Waals surface area contributed by atoms with Gasteiger partial charge in [0.15, 0.2) is 0 Å². The summed E-state index contributed by atoms with van der Waals surface area (Å²) in [5, 5.41) is 3.61. The molecular weight excluding hydrogens is 571 g/mol. The van der Waals surface area contributed by atoms with Gasteiger partial charge in [-0.15, -0.1) is 0 Å². The molecule has 0 aliphatic carbocycles. The zero-order valence-electron chi connectivity index (χ0n) is 25.2. The fourth-order valence-electron chi connectivity index (χ4n) is 5.60. The summed E-state index contributed by atoms with van der Waals surface area (Å²) in [4.78, 5) is 36.4. The number of carbonyl (C=O) groups is 2. The van der Waals surface area contributed by atoms with Gasteiger partial charge in [0, 0.05) is 48.5 Å². The van der Waals surface area contributed by atoms with Gasteiger partial charge < -0.3 is 19.9 Å². The quantitative estimate of drug-likeness (QED) is 0.232. The predicted octanol–water partition coefficient (Wildman–Crippen LogP) is 5.85. The number of hydrogen-bond donors (Lipinski definition) is 2. The number of alkyl halides is 3. The van der Waals surface area contributed by atoms with Crippen molar-refractivity contribution in [2.45, 2.75) is 44.9 Å². The molecule has 11 heteroatoms. The lowest BCUT2D eigenvalue weighted by Crippen LogP contribution is -2.31. The predicted molar refractivity (Wildman–Crippen MR) is 163 cm³/mol. The van der Waals surface area contributed by atoms with E-state index in [4.69, 9.17) is 4.74 Å². The number of aromatic amines is 1. The van der Waals surface area contributed by atoms with Gasteiger partial charge >= 0.3 is 12.1 Å². The molecule has 0 bridgehead atoms. The molecule has 2 N–H and O–H groups in total. The van der Waals surface area contributed by atoms with Crippen molar-refractivity contribution < 1.29 is 27.5 Å². The van der Waals surface area contributed by atoms with Crippen molar-refractivity contribution in [3.8, 4) is 0 Å². The van der Waals surface area contributed by atoms with E-state index in [9.17, 15) is 22.8 Å². The molecule has 4 aromatic rings. The van der Waals surface area contributed by atoms with Gasteiger partial charge in [-0.05, 0) is 92.9 Å². The molecule has 232 valence electrons. The van der Waals surface area contributed by atoms with E-state index in [1.54, 1.807) is 12.3 Å². The lowest BCUT2D eigenvalue weighted by Gasteiger charge is -2.22. The van der Waals surface area contributed by atoms with Crippen LogP contribution in [0.3, 0.4) is 0 Å². The molecule has 2 aromatic heterocycles. The molecule has 1 unspecified atom stereocenters. The van der Waals surface area contributed by atoms with Gasteiger partial charge in [-0.3, -0.25) is 9.69 Å². The van der Waals surface area contributed by atoms with Crippen molar-refractivity contribution in [2.75, 3.05) is 39.6 Å². The fourth-order valence-corrected chi connectivity index (χ4v) is 5.60. The minimum Gasteiger partial charge on any atom is -0.464 e. The number of methoxy groups -OCH3 is 1. The number of anilines is 1. The summed E-state index contributed by atoms with van der Waals surface area (Å²) in [5.41, 5.74) is 3.50. The van der Waals surface area contributed by atoms with Gasteiger partial charge in [-0.1, -0.05) is 18.2 Å². The lowest BCUT2D eigenvalue weighted by molar-refractivity contribution is -0.138. The molecular formula is C33H36F3N5O3. The van der Waals surface area contributed by atoms with Crippen molar-refractivity contribution in [1.29, 1.82) is 0 Å². The highest BCUT2D eigenvalue weighted by molar-refractivity contribution is 6.05. The van der Waals surface area contributed by atoms with Crippen LogP contribution in [0.5, 0.6) is 0 Å². The summed E-state index contributed by atoms with van der Waals surface area (Å²) in [5.74, 6) is -1.07. The number of nitrogens with one attached hydrogen (secondary N) is 2. The second-order valence-corrected chi connectivity index (χ2v) is 11.6. The number of amides is 1. The number of H-pyrrole nitrogens is 1. The first-order valence-electron chi connectivity index (χ1n) is 14.5. The number of fused-ring (bicyclic) bond motifs is 1. The standard InChI is InChI=1S/C33H36F3N5O3/c1-20-5-6-21(7-8-22-13-25-16-29(32(43)44-4)38-30(25)37-17-22)14-28(20)39-31(42)23-9-10-24(27(15-23)33(34,35)36)18-41-12-11-26(19-41)40(2)3/h5-6,9-10,13-17,26H,7-8,11-12,18-19H2,1-4H3,(H,37,38)(H,39,42). The molecule has 2 aromatic carbocycles. The number of aryl methyl sites for hydroxylation is 3. The number of likely N-dealkylation sites (N-methyl/N-ethyl adjacent to an activating group) is 1. The number of benzene rings is 2. The van der Waals surface area contributed by atoms with Gasteiger partial charge in [-0.25, -0.2) is 9.78 Å². The van der Waals surface area contributed by atoms with E-state index in [2.05, 4.69) is 20.2 Å². The Labute approximate surface area is 254 Å². The van der Waals surface area contributed by atoms with Gasteiger partial charge in [0.05, 0.1) is 12.7 Å². The summed E-state index contributed by atoms with van der Waals surface area (Å²) in [6.45, 7) is 3.45. The Morgan fingerprint density at radius 2 is 1.86 bits per heavy atom. The molecule has 44 heavy (non-hydrogen) atoms.